The summed E-state index contributed by atoms with van der Waals surface area (Å²) in [4.78, 5) is 0. The van der Waals surface area contributed by atoms with Crippen LogP contribution >= 0.6 is 0 Å². The van der Waals surface area contributed by atoms with E-state index in [4.69, 9.17) is 0 Å². The highest BCUT2D eigenvalue weighted by Gasteiger charge is 2.13. The van der Waals surface area contributed by atoms with Crippen molar-refractivity contribution >= 4 is 43.1 Å². The molecule has 0 saturated heterocycles. The van der Waals surface area contributed by atoms with Gasteiger partial charge in [0.2, 0.25) is 0 Å². The van der Waals surface area contributed by atoms with Crippen LogP contribution in [0.4, 0.5) is 8.78 Å². The van der Waals surface area contributed by atoms with Gasteiger partial charge < -0.3 is 10.2 Å². The maximum Gasteiger partial charge on any atom is 0.131 e. The summed E-state index contributed by atoms with van der Waals surface area (Å²) >= 11 is 0. The molecule has 26 heavy (non-hydrogen) atoms. The van der Waals surface area contributed by atoms with Gasteiger partial charge in [0.15, 0.2) is 0 Å². The van der Waals surface area contributed by atoms with Crippen LogP contribution in [-0.2, 0) is 0 Å². The van der Waals surface area contributed by atoms with Crippen molar-refractivity contribution in [1.82, 2.24) is 0 Å². The highest BCUT2D eigenvalue weighted by molar-refractivity contribution is 6.14. The fourth-order valence-electron chi connectivity index (χ4n) is 3.63. The van der Waals surface area contributed by atoms with Gasteiger partial charge in [-0.15, -0.1) is 0 Å². The van der Waals surface area contributed by atoms with E-state index in [-0.39, 0.29) is 11.5 Å². The van der Waals surface area contributed by atoms with E-state index in [9.17, 15) is 19.0 Å². The van der Waals surface area contributed by atoms with Crippen molar-refractivity contribution in [2.45, 2.75) is 0 Å². The highest BCUT2D eigenvalue weighted by atomic mass is 19.1. The van der Waals surface area contributed by atoms with Gasteiger partial charge in [-0.3, -0.25) is 0 Å². The Balaban J connectivity index is 1.97. The third kappa shape index (κ3) is 2.02. The van der Waals surface area contributed by atoms with Crippen LogP contribution in [0.2, 0.25) is 0 Å². The molecule has 0 aliphatic heterocycles. The molecule has 126 valence electrons. The monoisotopic (exact) mass is 346 g/mol. The largest absolute Gasteiger partial charge is 0.507 e. The van der Waals surface area contributed by atoms with Crippen molar-refractivity contribution in [1.29, 1.82) is 0 Å². The first-order valence-corrected chi connectivity index (χ1v) is 8.11. The van der Waals surface area contributed by atoms with Crippen molar-refractivity contribution < 1.29 is 19.0 Å². The van der Waals surface area contributed by atoms with E-state index in [0.717, 1.165) is 21.5 Å². The summed E-state index contributed by atoms with van der Waals surface area (Å²) in [5.41, 5.74) is 0. The number of benzene rings is 5. The van der Waals surface area contributed by atoms with Crippen LogP contribution in [0.5, 0.6) is 11.5 Å². The molecule has 0 aliphatic rings. The Morgan fingerprint density at radius 3 is 1.31 bits per heavy atom. The molecule has 5 rings (SSSR count). The highest BCUT2D eigenvalue weighted by Crippen LogP contribution is 2.41. The van der Waals surface area contributed by atoms with Gasteiger partial charge in [0.1, 0.15) is 23.1 Å². The maximum absolute atomic E-state index is 13.6. The Morgan fingerprint density at radius 1 is 0.462 bits per heavy atom. The minimum Gasteiger partial charge on any atom is -0.507 e. The Hall–Kier alpha value is -3.40. The van der Waals surface area contributed by atoms with Crippen LogP contribution in [0.25, 0.3) is 43.1 Å². The predicted molar refractivity (Wildman–Crippen MR) is 99.7 cm³/mol. The molecule has 0 fully saturated rings. The number of phenols is 2. The van der Waals surface area contributed by atoms with E-state index >= 15 is 0 Å². The van der Waals surface area contributed by atoms with Crippen molar-refractivity contribution in [3.63, 3.8) is 0 Å². The molecule has 5 aromatic carbocycles. The van der Waals surface area contributed by atoms with E-state index in [2.05, 4.69) is 0 Å². The fraction of sp³-hybridized carbons (Fsp3) is 0. The lowest BCUT2D eigenvalue weighted by Crippen LogP contribution is -1.85. The van der Waals surface area contributed by atoms with Crippen molar-refractivity contribution in [2.24, 2.45) is 0 Å². The summed E-state index contributed by atoms with van der Waals surface area (Å²) in [5, 5.41) is 26.1. The number of halogens is 2. The van der Waals surface area contributed by atoms with Crippen molar-refractivity contribution in [3.05, 3.63) is 72.3 Å². The summed E-state index contributed by atoms with van der Waals surface area (Å²) in [6.45, 7) is 0. The van der Waals surface area contributed by atoms with E-state index in [1.54, 1.807) is 18.2 Å². The number of hydrogen-bond acceptors (Lipinski definition) is 2. The second-order valence-electron chi connectivity index (χ2n) is 6.48. The maximum atomic E-state index is 13.6. The van der Waals surface area contributed by atoms with Gasteiger partial charge >= 0.3 is 0 Å². The van der Waals surface area contributed by atoms with Crippen molar-refractivity contribution in [2.75, 3.05) is 0 Å². The predicted octanol–water partition coefficient (Wildman–Crippen LogP) is 5.99. The molecule has 0 amide bonds. The first-order valence-electron chi connectivity index (χ1n) is 8.11. The summed E-state index contributed by atoms with van der Waals surface area (Å²) in [5.74, 6) is -0.954. The van der Waals surface area contributed by atoms with Gasteiger partial charge in [0, 0.05) is 21.5 Å². The smallest absolute Gasteiger partial charge is 0.131 e. The Labute approximate surface area is 146 Å². The minimum atomic E-state index is -0.433. The van der Waals surface area contributed by atoms with Crippen LogP contribution in [0.15, 0.2) is 60.7 Å². The molecule has 0 saturated carbocycles. The topological polar surface area (TPSA) is 40.5 Å². The standard InChI is InChI=1S/C22H12F2O2/c23-15-3-1-11-5-13-7-14-6-12-2-4-16(24)9-18(12)22(26)20(14)10-19(13)21(25)17(11)8-15/h1-10,25-26H. The normalized spacial score (nSPS) is 11.8. The zero-order chi connectivity index (χ0) is 18.0. The number of fused-ring (bicyclic) bond motifs is 4. The van der Waals surface area contributed by atoms with E-state index in [0.29, 0.717) is 21.5 Å². The van der Waals surface area contributed by atoms with Crippen LogP contribution in [0.3, 0.4) is 0 Å². The second kappa shape index (κ2) is 5.05. The minimum absolute atomic E-state index is 0.0439. The zero-order valence-corrected chi connectivity index (χ0v) is 13.4. The summed E-state index contributed by atoms with van der Waals surface area (Å²) in [6.07, 6.45) is 0. The quantitative estimate of drug-likeness (QED) is 0.338. The molecule has 0 heterocycles. The third-order valence-corrected chi connectivity index (χ3v) is 4.89. The second-order valence-corrected chi connectivity index (χ2v) is 6.48. The van der Waals surface area contributed by atoms with E-state index in [1.807, 2.05) is 18.2 Å². The molecule has 4 heteroatoms. The van der Waals surface area contributed by atoms with Gasteiger partial charge in [-0.25, -0.2) is 8.78 Å². The molecular weight excluding hydrogens is 334 g/mol. The third-order valence-electron chi connectivity index (χ3n) is 4.89. The molecule has 5 aromatic rings. The van der Waals surface area contributed by atoms with Gasteiger partial charge in [-0.2, -0.15) is 0 Å². The number of aromatic hydroxyl groups is 2. The van der Waals surface area contributed by atoms with Crippen LogP contribution < -0.4 is 0 Å². The first-order chi connectivity index (χ1) is 12.5. The molecule has 0 aromatic heterocycles. The lowest BCUT2D eigenvalue weighted by molar-refractivity contribution is 0.486. The van der Waals surface area contributed by atoms with Gasteiger partial charge in [-0.1, -0.05) is 12.1 Å². The molecule has 0 spiro atoms. The summed E-state index contributed by atoms with van der Waals surface area (Å²) in [7, 11) is 0. The summed E-state index contributed by atoms with van der Waals surface area (Å²) < 4.78 is 27.1. The molecule has 0 radical (unpaired) electrons. The molecule has 0 unspecified atom stereocenters. The molecule has 2 N–H and O–H groups in total. The van der Waals surface area contributed by atoms with Crippen LogP contribution in [0, 0.1) is 11.6 Å². The first kappa shape index (κ1) is 14.9. The van der Waals surface area contributed by atoms with Crippen LogP contribution in [0.1, 0.15) is 0 Å². The molecule has 2 nitrogen and oxygen atoms in total. The molecule has 0 aliphatic carbocycles. The van der Waals surface area contributed by atoms with Gasteiger partial charge in [0.05, 0.1) is 0 Å². The Bertz CT molecular complexity index is 1270. The average Bonchev–Trinajstić information content (AvgIpc) is 2.62. The lowest BCUT2D eigenvalue weighted by atomic mass is 9.96. The molecule has 0 bridgehead atoms. The van der Waals surface area contributed by atoms with Crippen LogP contribution in [-0.4, -0.2) is 10.2 Å². The van der Waals surface area contributed by atoms with Gasteiger partial charge in [0.25, 0.3) is 0 Å². The average molecular weight is 346 g/mol. The number of hydrogen-bond donors (Lipinski definition) is 2. The number of rotatable bonds is 0. The molecule has 0 atom stereocenters. The van der Waals surface area contributed by atoms with Crippen molar-refractivity contribution in [3.8, 4) is 11.5 Å². The SMILES string of the molecule is Oc1c2cc(F)ccc2cc2cc3cc4ccc(F)cc4c(O)c3cc12. The van der Waals surface area contributed by atoms with E-state index < -0.39 is 11.6 Å². The molecular formula is C22H12F2O2. The zero-order valence-electron chi connectivity index (χ0n) is 13.4. The summed E-state index contributed by atoms with van der Waals surface area (Å²) in [6, 6.07) is 15.8. The number of phenolic OH excluding ortho intramolecular Hbond substituents is 2. The van der Waals surface area contributed by atoms with E-state index in [1.165, 1.54) is 24.3 Å². The fourth-order valence-corrected chi connectivity index (χ4v) is 3.63. The Morgan fingerprint density at radius 2 is 0.846 bits per heavy atom. The Kier molecular flexibility index (Phi) is 2.89. The van der Waals surface area contributed by atoms with Gasteiger partial charge in [-0.05, 0) is 70.1 Å². The lowest BCUT2D eigenvalue weighted by Gasteiger charge is -2.11.